The molecule has 0 N–H and O–H groups in total. The van der Waals surface area contributed by atoms with Crippen molar-refractivity contribution < 1.29 is 17.1 Å². The van der Waals surface area contributed by atoms with Gasteiger partial charge in [-0.15, -0.1) is 6.58 Å². The molecule has 0 rings (SSSR count). The molecule has 40 valence electrons. The minimum atomic E-state index is 0. The van der Waals surface area contributed by atoms with Gasteiger partial charge in [0.05, 0.1) is 0 Å². The van der Waals surface area contributed by atoms with Crippen LogP contribution in [0, 0.1) is 0 Å². The summed E-state index contributed by atoms with van der Waals surface area (Å²) in [6.07, 6.45) is 4.31. The first-order valence-corrected chi connectivity index (χ1v) is 2.02. The molecule has 0 aliphatic heterocycles. The van der Waals surface area contributed by atoms with Crippen molar-refractivity contribution in [2.75, 3.05) is 0 Å². The van der Waals surface area contributed by atoms with Gasteiger partial charge in [-0.1, -0.05) is 19.4 Å². The van der Waals surface area contributed by atoms with Crippen LogP contribution >= 0.6 is 0 Å². The number of rotatable bonds is 2. The van der Waals surface area contributed by atoms with Gasteiger partial charge in [0, 0.05) is 0 Å². The van der Waals surface area contributed by atoms with E-state index in [0.717, 1.165) is 6.42 Å². The van der Waals surface area contributed by atoms with Crippen molar-refractivity contribution in [1.82, 2.24) is 0 Å². The predicted octanol–water partition coefficient (Wildman–Crippen LogP) is 1.97. The van der Waals surface area contributed by atoms with Crippen molar-refractivity contribution in [3.05, 3.63) is 12.7 Å². The van der Waals surface area contributed by atoms with Gasteiger partial charge in [-0.2, -0.15) is 0 Å². The Morgan fingerprint density at radius 3 is 2.17 bits per heavy atom. The van der Waals surface area contributed by atoms with Crippen LogP contribution < -0.4 is 0 Å². The summed E-state index contributed by atoms with van der Waals surface area (Å²) in [4.78, 5) is 0. The van der Waals surface area contributed by atoms with Crippen LogP contribution in [0.1, 0.15) is 19.8 Å². The zero-order chi connectivity index (χ0) is 4.12. The van der Waals surface area contributed by atoms with Crippen LogP contribution in [-0.2, 0) is 17.1 Å². The Balaban J connectivity index is 0. The molecule has 0 saturated heterocycles. The van der Waals surface area contributed by atoms with E-state index in [0.29, 0.717) is 0 Å². The van der Waals surface area contributed by atoms with Crippen molar-refractivity contribution in [3.63, 3.8) is 0 Å². The Morgan fingerprint density at radius 2 is 2.17 bits per heavy atom. The largest absolute Gasteiger partial charge is 1.00 e. The third-order valence-electron chi connectivity index (χ3n) is 0.493. The molecule has 0 saturated carbocycles. The van der Waals surface area contributed by atoms with Crippen LogP contribution in [0.15, 0.2) is 12.7 Å². The minimum absolute atomic E-state index is 0. The van der Waals surface area contributed by atoms with Crippen molar-refractivity contribution in [2.45, 2.75) is 19.8 Å². The Morgan fingerprint density at radius 1 is 1.67 bits per heavy atom. The molecular formula is C5H10Cu+. The molecule has 0 radical (unpaired) electrons. The predicted molar refractivity (Wildman–Crippen MR) is 25.1 cm³/mol. The summed E-state index contributed by atoms with van der Waals surface area (Å²) in [5.41, 5.74) is 0. The smallest absolute Gasteiger partial charge is 0.103 e. The Hall–Kier alpha value is 0.259. The van der Waals surface area contributed by atoms with Gasteiger partial charge in [0.2, 0.25) is 0 Å². The summed E-state index contributed by atoms with van der Waals surface area (Å²) in [7, 11) is 0. The molecule has 0 aliphatic carbocycles. The van der Waals surface area contributed by atoms with Crippen LogP contribution in [-0.4, -0.2) is 0 Å². The first-order chi connectivity index (χ1) is 2.41. The fourth-order valence-electron chi connectivity index (χ4n) is 0.204. The van der Waals surface area contributed by atoms with Crippen LogP contribution in [0.2, 0.25) is 0 Å². The van der Waals surface area contributed by atoms with Crippen LogP contribution in [0.4, 0.5) is 0 Å². The number of hydrogen-bond donors (Lipinski definition) is 0. The minimum Gasteiger partial charge on any atom is -0.103 e. The van der Waals surface area contributed by atoms with Crippen LogP contribution in [0.5, 0.6) is 0 Å². The Kier molecular flexibility index (Phi) is 14.3. The van der Waals surface area contributed by atoms with E-state index in [9.17, 15) is 0 Å². The Labute approximate surface area is 50.1 Å². The molecule has 0 amide bonds. The third kappa shape index (κ3) is 8.86. The van der Waals surface area contributed by atoms with Gasteiger partial charge in [0.25, 0.3) is 0 Å². The second-order valence-corrected chi connectivity index (χ2v) is 1.08. The fourth-order valence-corrected chi connectivity index (χ4v) is 0.204. The van der Waals surface area contributed by atoms with Crippen LogP contribution in [0.3, 0.4) is 0 Å². The van der Waals surface area contributed by atoms with Crippen molar-refractivity contribution >= 4 is 0 Å². The molecule has 0 fully saturated rings. The average Bonchev–Trinajstić information content (AvgIpc) is 1.41. The summed E-state index contributed by atoms with van der Waals surface area (Å²) >= 11 is 0. The van der Waals surface area contributed by atoms with E-state index < -0.39 is 0 Å². The maximum absolute atomic E-state index is 3.55. The van der Waals surface area contributed by atoms with E-state index in [2.05, 4.69) is 13.5 Å². The number of hydrogen-bond acceptors (Lipinski definition) is 0. The van der Waals surface area contributed by atoms with Gasteiger partial charge >= 0.3 is 17.1 Å². The second-order valence-electron chi connectivity index (χ2n) is 1.08. The summed E-state index contributed by atoms with van der Waals surface area (Å²) < 4.78 is 0. The molecule has 0 aliphatic rings. The SMILES string of the molecule is C=CCCC.[Cu+]. The van der Waals surface area contributed by atoms with E-state index >= 15 is 0 Å². The Bertz CT molecular complexity index is 25.1. The molecule has 0 atom stereocenters. The number of allylic oxidation sites excluding steroid dienone is 1. The van der Waals surface area contributed by atoms with Gasteiger partial charge in [0.1, 0.15) is 0 Å². The van der Waals surface area contributed by atoms with Crippen LogP contribution in [0.25, 0.3) is 0 Å². The topological polar surface area (TPSA) is 0 Å². The van der Waals surface area contributed by atoms with E-state index in [1.165, 1.54) is 6.42 Å². The van der Waals surface area contributed by atoms with Gasteiger partial charge in [0.15, 0.2) is 0 Å². The van der Waals surface area contributed by atoms with Crippen molar-refractivity contribution in [2.24, 2.45) is 0 Å². The molecule has 0 unspecified atom stereocenters. The molecular weight excluding hydrogens is 124 g/mol. The summed E-state index contributed by atoms with van der Waals surface area (Å²) in [5, 5.41) is 0. The molecule has 6 heavy (non-hydrogen) atoms. The molecule has 0 aromatic heterocycles. The maximum Gasteiger partial charge on any atom is 1.00 e. The van der Waals surface area contributed by atoms with Gasteiger partial charge in [-0.05, 0) is 6.42 Å². The summed E-state index contributed by atoms with van der Waals surface area (Å²) in [5.74, 6) is 0. The quantitative estimate of drug-likeness (QED) is 0.399. The summed E-state index contributed by atoms with van der Waals surface area (Å²) in [6.45, 7) is 5.69. The molecule has 0 aromatic carbocycles. The molecule has 0 bridgehead atoms. The fraction of sp³-hybridized carbons (Fsp3) is 0.600. The van der Waals surface area contributed by atoms with Gasteiger partial charge < -0.3 is 0 Å². The van der Waals surface area contributed by atoms with E-state index in [1.807, 2.05) is 6.08 Å². The average molecular weight is 134 g/mol. The first kappa shape index (κ1) is 9.54. The van der Waals surface area contributed by atoms with Crippen molar-refractivity contribution in [3.8, 4) is 0 Å². The van der Waals surface area contributed by atoms with E-state index in [4.69, 9.17) is 0 Å². The van der Waals surface area contributed by atoms with E-state index in [-0.39, 0.29) is 17.1 Å². The third-order valence-corrected chi connectivity index (χ3v) is 0.493. The van der Waals surface area contributed by atoms with Gasteiger partial charge in [-0.3, -0.25) is 0 Å². The van der Waals surface area contributed by atoms with E-state index in [1.54, 1.807) is 0 Å². The van der Waals surface area contributed by atoms with Gasteiger partial charge in [-0.25, -0.2) is 0 Å². The zero-order valence-corrected chi connectivity index (χ0v) is 4.94. The molecule has 1 heteroatoms. The maximum atomic E-state index is 3.55. The zero-order valence-electron chi connectivity index (χ0n) is 4.00. The molecule has 0 heterocycles. The molecule has 0 nitrogen and oxygen atoms in total. The van der Waals surface area contributed by atoms with Crippen molar-refractivity contribution in [1.29, 1.82) is 0 Å². The number of unbranched alkanes of at least 4 members (excludes halogenated alkanes) is 1. The summed E-state index contributed by atoms with van der Waals surface area (Å²) in [6, 6.07) is 0. The first-order valence-electron chi connectivity index (χ1n) is 2.02. The second kappa shape index (κ2) is 8.98. The monoisotopic (exact) mass is 133 g/mol. The molecule has 0 spiro atoms. The normalized spacial score (nSPS) is 6.17. The molecule has 0 aromatic rings. The standard InChI is InChI=1S/C5H10.Cu/c1-3-5-4-2;/h3H,1,4-5H2,2H3;/q;+1.